The number of ether oxygens (including phenoxy) is 1. The summed E-state index contributed by atoms with van der Waals surface area (Å²) in [4.78, 5) is 4.22. The standard InChI is InChI=1S/C16H18N2O/c1-2-18-16(13-4-3-7-17-9-13)12-5-6-14-10-19-11-15(14)8-12/h3-9,16,18H,2,10-11H2,1H3. The zero-order valence-corrected chi connectivity index (χ0v) is 11.1. The van der Waals surface area contributed by atoms with E-state index in [9.17, 15) is 0 Å². The van der Waals surface area contributed by atoms with Crippen molar-refractivity contribution in [2.24, 2.45) is 0 Å². The number of rotatable bonds is 4. The predicted octanol–water partition coefficient (Wildman–Crippen LogP) is 2.81. The van der Waals surface area contributed by atoms with Gasteiger partial charge in [-0.25, -0.2) is 0 Å². The van der Waals surface area contributed by atoms with Crippen molar-refractivity contribution < 1.29 is 4.74 Å². The zero-order valence-electron chi connectivity index (χ0n) is 11.1. The largest absolute Gasteiger partial charge is 0.372 e. The van der Waals surface area contributed by atoms with E-state index >= 15 is 0 Å². The van der Waals surface area contributed by atoms with E-state index in [0.717, 1.165) is 19.8 Å². The Labute approximate surface area is 113 Å². The first kappa shape index (κ1) is 12.3. The molecule has 1 unspecified atom stereocenters. The van der Waals surface area contributed by atoms with Gasteiger partial charge in [0.25, 0.3) is 0 Å². The van der Waals surface area contributed by atoms with Gasteiger partial charge in [-0.3, -0.25) is 4.98 Å². The Bertz CT molecular complexity index is 554. The molecule has 0 amide bonds. The van der Waals surface area contributed by atoms with Gasteiger partial charge in [0.1, 0.15) is 0 Å². The second-order valence-electron chi connectivity index (χ2n) is 4.80. The van der Waals surface area contributed by atoms with Gasteiger partial charge in [0, 0.05) is 12.4 Å². The van der Waals surface area contributed by atoms with Crippen LogP contribution in [-0.4, -0.2) is 11.5 Å². The van der Waals surface area contributed by atoms with Crippen LogP contribution < -0.4 is 5.32 Å². The molecule has 2 heterocycles. The molecule has 98 valence electrons. The van der Waals surface area contributed by atoms with Crippen LogP contribution in [0.1, 0.15) is 35.2 Å². The van der Waals surface area contributed by atoms with Crippen molar-refractivity contribution in [2.75, 3.05) is 6.54 Å². The molecule has 1 aromatic carbocycles. The van der Waals surface area contributed by atoms with Crippen molar-refractivity contribution in [1.82, 2.24) is 10.3 Å². The third-order valence-corrected chi connectivity index (χ3v) is 3.50. The molecule has 1 N–H and O–H groups in total. The van der Waals surface area contributed by atoms with Gasteiger partial charge < -0.3 is 10.1 Å². The van der Waals surface area contributed by atoms with Gasteiger partial charge >= 0.3 is 0 Å². The molecule has 1 aliphatic rings. The molecule has 0 saturated heterocycles. The number of pyridine rings is 1. The van der Waals surface area contributed by atoms with Crippen LogP contribution in [0.25, 0.3) is 0 Å². The predicted molar refractivity (Wildman–Crippen MR) is 74.7 cm³/mol. The van der Waals surface area contributed by atoms with Gasteiger partial charge in [0.15, 0.2) is 0 Å². The minimum absolute atomic E-state index is 0.199. The Kier molecular flexibility index (Phi) is 3.58. The topological polar surface area (TPSA) is 34.2 Å². The number of nitrogens with zero attached hydrogens (tertiary/aromatic N) is 1. The van der Waals surface area contributed by atoms with Crippen molar-refractivity contribution in [1.29, 1.82) is 0 Å². The average Bonchev–Trinajstić information content (AvgIpc) is 2.93. The van der Waals surface area contributed by atoms with Crippen LogP contribution >= 0.6 is 0 Å². The summed E-state index contributed by atoms with van der Waals surface area (Å²) in [5, 5.41) is 3.53. The van der Waals surface area contributed by atoms with Crippen molar-refractivity contribution >= 4 is 0 Å². The number of hydrogen-bond donors (Lipinski definition) is 1. The molecule has 0 bridgehead atoms. The highest BCUT2D eigenvalue weighted by molar-refractivity contribution is 5.38. The Hall–Kier alpha value is -1.71. The molecule has 3 rings (SSSR count). The monoisotopic (exact) mass is 254 g/mol. The highest BCUT2D eigenvalue weighted by atomic mass is 16.5. The third kappa shape index (κ3) is 2.53. The molecule has 3 heteroatoms. The summed E-state index contributed by atoms with van der Waals surface area (Å²) in [7, 11) is 0. The molecule has 19 heavy (non-hydrogen) atoms. The zero-order chi connectivity index (χ0) is 13.1. The van der Waals surface area contributed by atoms with E-state index in [4.69, 9.17) is 4.74 Å². The average molecular weight is 254 g/mol. The van der Waals surface area contributed by atoms with Crippen LogP contribution in [0, 0.1) is 0 Å². The smallest absolute Gasteiger partial charge is 0.0725 e. The summed E-state index contributed by atoms with van der Waals surface area (Å²) in [5.41, 5.74) is 5.09. The van der Waals surface area contributed by atoms with E-state index in [1.807, 2.05) is 18.5 Å². The number of fused-ring (bicyclic) bond motifs is 1. The Morgan fingerprint density at radius 1 is 1.21 bits per heavy atom. The molecule has 0 spiro atoms. The Balaban J connectivity index is 1.96. The lowest BCUT2D eigenvalue weighted by Crippen LogP contribution is -2.22. The summed E-state index contributed by atoms with van der Waals surface area (Å²) < 4.78 is 5.48. The summed E-state index contributed by atoms with van der Waals surface area (Å²) >= 11 is 0. The highest BCUT2D eigenvalue weighted by Gasteiger charge is 2.17. The third-order valence-electron chi connectivity index (χ3n) is 3.50. The maximum absolute atomic E-state index is 5.48. The normalized spacial score (nSPS) is 15.2. The summed E-state index contributed by atoms with van der Waals surface area (Å²) in [6.07, 6.45) is 3.74. The van der Waals surface area contributed by atoms with E-state index in [1.54, 1.807) is 0 Å². The van der Waals surface area contributed by atoms with E-state index in [-0.39, 0.29) is 6.04 Å². The van der Waals surface area contributed by atoms with Crippen molar-refractivity contribution in [2.45, 2.75) is 26.2 Å². The molecule has 1 aliphatic heterocycles. The molecular weight excluding hydrogens is 236 g/mol. The fraction of sp³-hybridized carbons (Fsp3) is 0.312. The van der Waals surface area contributed by atoms with Crippen molar-refractivity contribution in [3.05, 3.63) is 65.0 Å². The Morgan fingerprint density at radius 2 is 2.11 bits per heavy atom. The van der Waals surface area contributed by atoms with Crippen molar-refractivity contribution in [3.63, 3.8) is 0 Å². The first-order valence-corrected chi connectivity index (χ1v) is 6.71. The van der Waals surface area contributed by atoms with Gasteiger partial charge in [-0.05, 0) is 34.9 Å². The lowest BCUT2D eigenvalue weighted by atomic mass is 9.96. The second kappa shape index (κ2) is 5.51. The van der Waals surface area contributed by atoms with Gasteiger partial charge in [-0.2, -0.15) is 0 Å². The van der Waals surface area contributed by atoms with Crippen LogP contribution in [-0.2, 0) is 18.0 Å². The number of nitrogens with one attached hydrogen (secondary N) is 1. The van der Waals surface area contributed by atoms with E-state index in [2.05, 4.69) is 41.5 Å². The van der Waals surface area contributed by atoms with Gasteiger partial charge in [0.2, 0.25) is 0 Å². The molecule has 1 atom stereocenters. The minimum Gasteiger partial charge on any atom is -0.372 e. The number of aromatic nitrogens is 1. The molecule has 2 aromatic rings. The minimum atomic E-state index is 0.199. The van der Waals surface area contributed by atoms with E-state index in [1.165, 1.54) is 22.3 Å². The van der Waals surface area contributed by atoms with Crippen LogP contribution in [0.3, 0.4) is 0 Å². The maximum Gasteiger partial charge on any atom is 0.0725 e. The second-order valence-corrected chi connectivity index (χ2v) is 4.80. The summed E-state index contributed by atoms with van der Waals surface area (Å²) in [5.74, 6) is 0. The summed E-state index contributed by atoms with van der Waals surface area (Å²) in [6, 6.07) is 10.9. The first-order chi connectivity index (χ1) is 9.38. The molecule has 0 radical (unpaired) electrons. The summed E-state index contributed by atoms with van der Waals surface area (Å²) in [6.45, 7) is 4.52. The van der Waals surface area contributed by atoms with Crippen molar-refractivity contribution in [3.8, 4) is 0 Å². The van der Waals surface area contributed by atoms with E-state index < -0.39 is 0 Å². The molecule has 1 aromatic heterocycles. The van der Waals surface area contributed by atoms with Gasteiger partial charge in [-0.1, -0.05) is 31.2 Å². The lowest BCUT2D eigenvalue weighted by Gasteiger charge is -2.19. The fourth-order valence-corrected chi connectivity index (χ4v) is 2.55. The molecule has 0 aliphatic carbocycles. The lowest BCUT2D eigenvalue weighted by molar-refractivity contribution is 0.134. The first-order valence-electron chi connectivity index (χ1n) is 6.71. The number of benzene rings is 1. The molecular formula is C16H18N2O. The van der Waals surface area contributed by atoms with Crippen LogP contribution in [0.4, 0.5) is 0 Å². The Morgan fingerprint density at radius 3 is 2.89 bits per heavy atom. The van der Waals surface area contributed by atoms with Crippen LogP contribution in [0.5, 0.6) is 0 Å². The molecule has 0 fully saturated rings. The van der Waals surface area contributed by atoms with E-state index in [0.29, 0.717) is 0 Å². The highest BCUT2D eigenvalue weighted by Crippen LogP contribution is 2.27. The number of hydrogen-bond acceptors (Lipinski definition) is 3. The fourth-order valence-electron chi connectivity index (χ4n) is 2.55. The van der Waals surface area contributed by atoms with Crippen LogP contribution in [0.15, 0.2) is 42.7 Å². The van der Waals surface area contributed by atoms with Gasteiger partial charge in [-0.15, -0.1) is 0 Å². The SMILES string of the molecule is CCNC(c1cccnc1)c1ccc2c(c1)COC2. The molecule has 3 nitrogen and oxygen atoms in total. The maximum atomic E-state index is 5.48. The quantitative estimate of drug-likeness (QED) is 0.911. The molecule has 0 saturated carbocycles. The van der Waals surface area contributed by atoms with Gasteiger partial charge in [0.05, 0.1) is 19.3 Å². The van der Waals surface area contributed by atoms with Crippen LogP contribution in [0.2, 0.25) is 0 Å².